The minimum Gasteiger partial charge on any atom is -0.484 e. The number of hydrogen-bond acceptors (Lipinski definition) is 3. The van der Waals surface area contributed by atoms with Gasteiger partial charge in [-0.3, -0.25) is 4.79 Å². The summed E-state index contributed by atoms with van der Waals surface area (Å²) in [6, 6.07) is 12.4. The molecule has 0 heterocycles. The van der Waals surface area contributed by atoms with Crippen LogP contribution in [0.1, 0.15) is 16.7 Å². The molecule has 112 valence electrons. The van der Waals surface area contributed by atoms with E-state index in [1.54, 1.807) is 30.3 Å². The molecule has 0 fully saturated rings. The first-order valence-corrected chi connectivity index (χ1v) is 7.07. The van der Waals surface area contributed by atoms with Crippen molar-refractivity contribution in [3.8, 4) is 11.8 Å². The van der Waals surface area contributed by atoms with Crippen LogP contribution in [-0.2, 0) is 4.79 Å². The second kappa shape index (κ2) is 6.97. The van der Waals surface area contributed by atoms with Gasteiger partial charge in [0.15, 0.2) is 6.61 Å². The zero-order valence-electron chi connectivity index (χ0n) is 12.3. The number of halogens is 1. The van der Waals surface area contributed by atoms with Crippen molar-refractivity contribution in [1.29, 1.82) is 5.26 Å². The topological polar surface area (TPSA) is 62.1 Å². The second-order valence-corrected chi connectivity index (χ2v) is 5.32. The lowest BCUT2D eigenvalue weighted by atomic mass is 10.1. The van der Waals surface area contributed by atoms with E-state index >= 15 is 0 Å². The van der Waals surface area contributed by atoms with E-state index in [2.05, 4.69) is 5.32 Å². The molecule has 0 aliphatic rings. The molecule has 2 aromatic carbocycles. The zero-order chi connectivity index (χ0) is 16.1. The minimum atomic E-state index is -0.309. The van der Waals surface area contributed by atoms with Gasteiger partial charge in [-0.2, -0.15) is 5.26 Å². The number of nitrogens with one attached hydrogen (secondary N) is 1. The Morgan fingerprint density at radius 3 is 2.77 bits per heavy atom. The average molecular weight is 315 g/mol. The van der Waals surface area contributed by atoms with Gasteiger partial charge in [0.2, 0.25) is 0 Å². The second-order valence-electron chi connectivity index (χ2n) is 4.92. The summed E-state index contributed by atoms with van der Waals surface area (Å²) in [5.74, 6) is 0.164. The molecule has 0 spiro atoms. The summed E-state index contributed by atoms with van der Waals surface area (Å²) in [5.41, 5.74) is 3.00. The predicted molar refractivity (Wildman–Crippen MR) is 86.2 cm³/mol. The smallest absolute Gasteiger partial charge is 0.262 e. The molecule has 2 aromatic rings. The fourth-order valence-corrected chi connectivity index (χ4v) is 2.42. The molecule has 0 aliphatic heterocycles. The van der Waals surface area contributed by atoms with Crippen molar-refractivity contribution >= 4 is 23.2 Å². The summed E-state index contributed by atoms with van der Waals surface area (Å²) in [5, 5.41) is 12.1. The standard InChI is InChI=1S/C17H15ClN2O2/c1-11-6-12(2)17(15(18)7-11)20-16(21)10-22-14-5-3-4-13(8-14)9-19/h3-8H,10H2,1-2H3,(H,20,21). The van der Waals surface area contributed by atoms with Gasteiger partial charge < -0.3 is 10.1 Å². The Labute approximate surface area is 134 Å². The normalized spacial score (nSPS) is 9.91. The van der Waals surface area contributed by atoms with Gasteiger partial charge in [0.25, 0.3) is 5.91 Å². The highest BCUT2D eigenvalue weighted by Gasteiger charge is 2.10. The van der Waals surface area contributed by atoms with Crippen molar-refractivity contribution in [2.24, 2.45) is 0 Å². The summed E-state index contributed by atoms with van der Waals surface area (Å²) in [6.07, 6.45) is 0. The Kier molecular flexibility index (Phi) is 5.03. The number of amides is 1. The van der Waals surface area contributed by atoms with Gasteiger partial charge in [-0.05, 0) is 49.2 Å². The number of nitrogens with zero attached hydrogens (tertiary/aromatic N) is 1. The lowest BCUT2D eigenvalue weighted by Gasteiger charge is -2.12. The van der Waals surface area contributed by atoms with Crippen LogP contribution in [0.4, 0.5) is 5.69 Å². The molecule has 0 aromatic heterocycles. The van der Waals surface area contributed by atoms with Crippen LogP contribution in [0.15, 0.2) is 36.4 Å². The molecular weight excluding hydrogens is 300 g/mol. The fourth-order valence-electron chi connectivity index (χ4n) is 2.05. The van der Waals surface area contributed by atoms with Gasteiger partial charge in [-0.25, -0.2) is 0 Å². The number of ether oxygens (including phenoxy) is 1. The number of carbonyl (C=O) groups excluding carboxylic acids is 1. The number of hydrogen-bond donors (Lipinski definition) is 1. The summed E-state index contributed by atoms with van der Waals surface area (Å²) < 4.78 is 5.38. The first-order valence-electron chi connectivity index (χ1n) is 6.69. The van der Waals surface area contributed by atoms with E-state index in [-0.39, 0.29) is 12.5 Å². The van der Waals surface area contributed by atoms with Crippen LogP contribution in [0.2, 0.25) is 5.02 Å². The molecule has 1 N–H and O–H groups in total. The maximum absolute atomic E-state index is 12.0. The van der Waals surface area contributed by atoms with Gasteiger partial charge in [0.1, 0.15) is 5.75 Å². The summed E-state index contributed by atoms with van der Waals surface area (Å²) >= 11 is 6.14. The summed E-state index contributed by atoms with van der Waals surface area (Å²) in [7, 11) is 0. The Morgan fingerprint density at radius 1 is 1.32 bits per heavy atom. The van der Waals surface area contributed by atoms with E-state index < -0.39 is 0 Å². The third-order valence-electron chi connectivity index (χ3n) is 3.03. The monoisotopic (exact) mass is 314 g/mol. The van der Waals surface area contributed by atoms with Crippen LogP contribution in [0, 0.1) is 25.2 Å². The van der Waals surface area contributed by atoms with Crippen molar-refractivity contribution in [3.63, 3.8) is 0 Å². The van der Waals surface area contributed by atoms with E-state index in [1.165, 1.54) is 0 Å². The summed E-state index contributed by atoms with van der Waals surface area (Å²) in [6.45, 7) is 3.67. The highest BCUT2D eigenvalue weighted by Crippen LogP contribution is 2.27. The van der Waals surface area contributed by atoms with Gasteiger partial charge in [0, 0.05) is 0 Å². The van der Waals surface area contributed by atoms with Gasteiger partial charge in [0.05, 0.1) is 22.3 Å². The quantitative estimate of drug-likeness (QED) is 0.932. The van der Waals surface area contributed by atoms with Crippen LogP contribution in [-0.4, -0.2) is 12.5 Å². The molecule has 0 radical (unpaired) electrons. The van der Waals surface area contributed by atoms with Crippen molar-refractivity contribution in [2.75, 3.05) is 11.9 Å². The predicted octanol–water partition coefficient (Wildman–Crippen LogP) is 3.85. The lowest BCUT2D eigenvalue weighted by Crippen LogP contribution is -2.21. The molecule has 0 saturated heterocycles. The molecule has 4 nitrogen and oxygen atoms in total. The van der Waals surface area contributed by atoms with Gasteiger partial charge in [-0.15, -0.1) is 0 Å². The molecule has 1 amide bonds. The first kappa shape index (κ1) is 15.9. The minimum absolute atomic E-state index is 0.154. The molecule has 22 heavy (non-hydrogen) atoms. The van der Waals surface area contributed by atoms with E-state index in [1.807, 2.05) is 26.0 Å². The summed E-state index contributed by atoms with van der Waals surface area (Å²) in [4.78, 5) is 12.0. The Hall–Kier alpha value is -2.51. The van der Waals surface area contributed by atoms with Crippen LogP contribution in [0.5, 0.6) is 5.75 Å². The van der Waals surface area contributed by atoms with Crippen LogP contribution in [0.3, 0.4) is 0 Å². The third-order valence-corrected chi connectivity index (χ3v) is 3.33. The number of nitriles is 1. The molecule has 5 heteroatoms. The Bertz CT molecular complexity index is 728. The maximum Gasteiger partial charge on any atom is 0.262 e. The van der Waals surface area contributed by atoms with Crippen molar-refractivity contribution < 1.29 is 9.53 Å². The highest BCUT2D eigenvalue weighted by molar-refractivity contribution is 6.34. The Balaban J connectivity index is 2.00. The van der Waals surface area contributed by atoms with Crippen LogP contribution < -0.4 is 10.1 Å². The number of aryl methyl sites for hydroxylation is 2. The molecule has 0 atom stereocenters. The molecule has 0 unspecified atom stereocenters. The SMILES string of the molecule is Cc1cc(C)c(NC(=O)COc2cccc(C#N)c2)c(Cl)c1. The molecule has 0 saturated carbocycles. The fraction of sp³-hybridized carbons (Fsp3) is 0.176. The molecule has 2 rings (SSSR count). The lowest BCUT2D eigenvalue weighted by molar-refractivity contribution is -0.118. The van der Waals surface area contributed by atoms with E-state index in [9.17, 15) is 4.79 Å². The average Bonchev–Trinajstić information content (AvgIpc) is 2.49. The zero-order valence-corrected chi connectivity index (χ0v) is 13.1. The van der Waals surface area contributed by atoms with Crippen molar-refractivity contribution in [2.45, 2.75) is 13.8 Å². The largest absolute Gasteiger partial charge is 0.484 e. The molecule has 0 bridgehead atoms. The van der Waals surface area contributed by atoms with Crippen LogP contribution >= 0.6 is 11.6 Å². The number of benzene rings is 2. The highest BCUT2D eigenvalue weighted by atomic mass is 35.5. The maximum atomic E-state index is 12.0. The van der Waals surface area contributed by atoms with E-state index in [0.717, 1.165) is 11.1 Å². The Morgan fingerprint density at radius 2 is 2.09 bits per heavy atom. The number of carbonyl (C=O) groups is 1. The molecule has 0 aliphatic carbocycles. The number of anilines is 1. The number of rotatable bonds is 4. The van der Waals surface area contributed by atoms with Gasteiger partial charge >= 0.3 is 0 Å². The third kappa shape index (κ3) is 4.00. The van der Waals surface area contributed by atoms with Crippen LogP contribution in [0.25, 0.3) is 0 Å². The molecular formula is C17H15ClN2O2. The van der Waals surface area contributed by atoms with Crippen molar-refractivity contribution in [1.82, 2.24) is 0 Å². The van der Waals surface area contributed by atoms with E-state index in [0.29, 0.717) is 22.0 Å². The van der Waals surface area contributed by atoms with Gasteiger partial charge in [-0.1, -0.05) is 23.7 Å². The van der Waals surface area contributed by atoms with E-state index in [4.69, 9.17) is 21.6 Å². The van der Waals surface area contributed by atoms with Crippen molar-refractivity contribution in [3.05, 3.63) is 58.1 Å². The first-order chi connectivity index (χ1) is 10.5.